The van der Waals surface area contributed by atoms with E-state index in [0.29, 0.717) is 26.1 Å². The molecular formula is C33H51N5O5Si. The zero-order valence-corrected chi connectivity index (χ0v) is 29.5. The lowest BCUT2D eigenvalue weighted by Crippen LogP contribution is -2.42. The summed E-state index contributed by atoms with van der Waals surface area (Å²) >= 11 is 0. The lowest BCUT2D eigenvalue weighted by Gasteiger charge is -2.37. The third kappa shape index (κ3) is 7.54. The molecule has 0 spiro atoms. The molecule has 0 radical (unpaired) electrons. The van der Waals surface area contributed by atoms with Crippen LogP contribution in [0, 0.1) is 13.8 Å². The SMILES string of the molecule is CC(=O)N1CCC(n2c([C@H](CCO[Si](C)(C)C(C)(C)C)NC(=O)OC(C)(C)C)nc3cc(-c4c(C)noc4C)ccc32)CC1. The Hall–Kier alpha value is -3.18. The smallest absolute Gasteiger partial charge is 0.408 e. The number of nitrogens with zero attached hydrogens (tertiary/aromatic N) is 4. The Bertz CT molecular complexity index is 1470. The Balaban J connectivity index is 1.79. The van der Waals surface area contributed by atoms with Gasteiger partial charge in [-0.25, -0.2) is 9.78 Å². The summed E-state index contributed by atoms with van der Waals surface area (Å²) in [5.74, 6) is 1.61. The topological polar surface area (TPSA) is 112 Å². The second-order valence-corrected chi connectivity index (χ2v) is 19.4. The van der Waals surface area contributed by atoms with Crippen molar-refractivity contribution in [3.63, 3.8) is 0 Å². The van der Waals surface area contributed by atoms with E-state index in [1.54, 1.807) is 6.92 Å². The van der Waals surface area contributed by atoms with Gasteiger partial charge in [-0.15, -0.1) is 0 Å². The van der Waals surface area contributed by atoms with Gasteiger partial charge in [0.15, 0.2) is 8.32 Å². The summed E-state index contributed by atoms with van der Waals surface area (Å²) in [6, 6.07) is 5.91. The number of alkyl carbamates (subject to hydrolysis) is 1. The van der Waals surface area contributed by atoms with Crippen molar-refractivity contribution in [3.05, 3.63) is 35.5 Å². The third-order valence-electron chi connectivity index (χ3n) is 8.99. The molecule has 11 heteroatoms. The summed E-state index contributed by atoms with van der Waals surface area (Å²) < 4.78 is 20.0. The normalized spacial score (nSPS) is 15.9. The molecule has 0 bridgehead atoms. The van der Waals surface area contributed by atoms with Gasteiger partial charge in [0.1, 0.15) is 17.2 Å². The molecule has 0 aliphatic carbocycles. The first-order chi connectivity index (χ1) is 20.4. The molecule has 1 saturated heterocycles. The van der Waals surface area contributed by atoms with Gasteiger partial charge in [0.25, 0.3) is 0 Å². The van der Waals surface area contributed by atoms with E-state index < -0.39 is 26.1 Å². The number of piperidine rings is 1. The van der Waals surface area contributed by atoms with E-state index in [4.69, 9.17) is 18.7 Å². The third-order valence-corrected chi connectivity index (χ3v) is 13.5. The summed E-state index contributed by atoms with van der Waals surface area (Å²) in [5, 5.41) is 7.35. The maximum absolute atomic E-state index is 13.2. The van der Waals surface area contributed by atoms with E-state index in [1.807, 2.05) is 39.5 Å². The summed E-state index contributed by atoms with van der Waals surface area (Å²) in [6.07, 6.45) is 1.64. The average molecular weight is 626 g/mol. The van der Waals surface area contributed by atoms with Crippen molar-refractivity contribution in [1.29, 1.82) is 0 Å². The van der Waals surface area contributed by atoms with Crippen molar-refractivity contribution >= 4 is 31.4 Å². The monoisotopic (exact) mass is 625 g/mol. The number of hydrogen-bond acceptors (Lipinski definition) is 7. The largest absolute Gasteiger partial charge is 0.444 e. The number of amides is 2. The van der Waals surface area contributed by atoms with Gasteiger partial charge in [0.05, 0.1) is 22.8 Å². The van der Waals surface area contributed by atoms with Crippen LogP contribution in [0.3, 0.4) is 0 Å². The zero-order chi connectivity index (χ0) is 32.6. The number of carbonyl (C=O) groups excluding carboxylic acids is 2. The van der Waals surface area contributed by atoms with Crippen LogP contribution in [-0.2, 0) is 14.0 Å². The van der Waals surface area contributed by atoms with Gasteiger partial charge in [0, 0.05) is 38.2 Å². The number of likely N-dealkylation sites (tertiary alicyclic amines) is 1. The molecule has 1 aliphatic heterocycles. The highest BCUT2D eigenvalue weighted by molar-refractivity contribution is 6.74. The fourth-order valence-electron chi connectivity index (χ4n) is 5.60. The van der Waals surface area contributed by atoms with E-state index in [-0.39, 0.29) is 17.0 Å². The number of aromatic nitrogens is 3. The molecule has 10 nitrogen and oxygen atoms in total. The number of fused-ring (bicyclic) bond motifs is 1. The standard InChI is InChI=1S/C33H51N5O5Si/c1-21-29(22(2)43-36-21)24-12-13-28-27(20-24)34-30(38(28)25-14-17-37(18-15-25)23(3)39)26(35-31(40)42-32(4,5)6)16-19-41-44(10,11)33(7,8)9/h12-13,20,25-26H,14-19H2,1-11H3,(H,35,40)/t26-/m0/s1. The number of imidazole rings is 1. The predicted octanol–water partition coefficient (Wildman–Crippen LogP) is 7.47. The van der Waals surface area contributed by atoms with Crippen LogP contribution in [0.25, 0.3) is 22.2 Å². The Morgan fingerprint density at radius 2 is 1.77 bits per heavy atom. The Morgan fingerprint density at radius 3 is 2.32 bits per heavy atom. The minimum Gasteiger partial charge on any atom is -0.444 e. The molecule has 1 fully saturated rings. The fraction of sp³-hybridized carbons (Fsp3) is 0.636. The van der Waals surface area contributed by atoms with Crippen molar-refractivity contribution in [1.82, 2.24) is 24.9 Å². The van der Waals surface area contributed by atoms with Crippen molar-refractivity contribution in [3.8, 4) is 11.1 Å². The number of hydrogen-bond donors (Lipinski definition) is 1. The van der Waals surface area contributed by atoms with Gasteiger partial charge in [-0.3, -0.25) is 4.79 Å². The maximum atomic E-state index is 13.2. The van der Waals surface area contributed by atoms with Gasteiger partial charge < -0.3 is 28.5 Å². The molecule has 2 amide bonds. The van der Waals surface area contributed by atoms with Crippen LogP contribution in [0.15, 0.2) is 22.7 Å². The van der Waals surface area contributed by atoms with Gasteiger partial charge in [0.2, 0.25) is 5.91 Å². The molecule has 3 heterocycles. The highest BCUT2D eigenvalue weighted by Gasteiger charge is 2.38. The van der Waals surface area contributed by atoms with E-state index in [2.05, 4.69) is 67.1 Å². The second kappa shape index (κ2) is 12.7. The molecular weight excluding hydrogens is 574 g/mol. The first-order valence-corrected chi connectivity index (χ1v) is 18.6. The number of carbonyl (C=O) groups is 2. The van der Waals surface area contributed by atoms with Gasteiger partial charge in [-0.2, -0.15) is 0 Å². The predicted molar refractivity (Wildman–Crippen MR) is 175 cm³/mol. The summed E-state index contributed by atoms with van der Waals surface area (Å²) in [5.41, 5.74) is 3.93. The molecule has 0 saturated carbocycles. The van der Waals surface area contributed by atoms with E-state index in [0.717, 1.165) is 52.3 Å². The quantitative estimate of drug-likeness (QED) is 0.259. The molecule has 1 atom stereocenters. The van der Waals surface area contributed by atoms with E-state index in [9.17, 15) is 9.59 Å². The molecule has 2 aromatic heterocycles. The van der Waals surface area contributed by atoms with Gasteiger partial charge in [-0.05, 0) is 89.7 Å². The van der Waals surface area contributed by atoms with Crippen molar-refractivity contribution < 1.29 is 23.3 Å². The van der Waals surface area contributed by atoms with Crippen LogP contribution in [0.4, 0.5) is 4.79 Å². The van der Waals surface area contributed by atoms with Crippen LogP contribution in [-0.4, -0.2) is 65.2 Å². The Labute approximate surface area is 263 Å². The molecule has 1 aliphatic rings. The second-order valence-electron chi connectivity index (χ2n) is 14.6. The van der Waals surface area contributed by atoms with Gasteiger partial charge in [-0.1, -0.05) is 32.0 Å². The molecule has 3 aromatic rings. The lowest BCUT2D eigenvalue weighted by atomic mass is 10.0. The molecule has 0 unspecified atom stereocenters. The summed E-state index contributed by atoms with van der Waals surface area (Å²) in [4.78, 5) is 32.4. The Morgan fingerprint density at radius 1 is 1.11 bits per heavy atom. The first kappa shape index (κ1) is 33.7. The van der Waals surface area contributed by atoms with Crippen LogP contribution >= 0.6 is 0 Å². The molecule has 242 valence electrons. The molecule has 44 heavy (non-hydrogen) atoms. The minimum absolute atomic E-state index is 0.0630. The number of ether oxygens (including phenoxy) is 1. The maximum Gasteiger partial charge on any atom is 0.408 e. The van der Waals surface area contributed by atoms with Gasteiger partial charge >= 0.3 is 6.09 Å². The van der Waals surface area contributed by atoms with Crippen LogP contribution in [0.5, 0.6) is 0 Å². The number of benzene rings is 1. The van der Waals surface area contributed by atoms with Crippen LogP contribution in [0.2, 0.25) is 18.1 Å². The minimum atomic E-state index is -2.02. The van der Waals surface area contributed by atoms with Crippen LogP contribution < -0.4 is 5.32 Å². The van der Waals surface area contributed by atoms with Crippen LogP contribution in [0.1, 0.15) is 97.1 Å². The fourth-order valence-corrected chi connectivity index (χ4v) is 6.66. The number of rotatable bonds is 8. The van der Waals surface area contributed by atoms with E-state index in [1.165, 1.54) is 0 Å². The van der Waals surface area contributed by atoms with E-state index >= 15 is 0 Å². The van der Waals surface area contributed by atoms with Crippen molar-refractivity contribution in [2.75, 3.05) is 19.7 Å². The molecule has 4 rings (SSSR count). The zero-order valence-electron chi connectivity index (χ0n) is 28.5. The number of nitrogens with one attached hydrogen (secondary N) is 1. The first-order valence-electron chi connectivity index (χ1n) is 15.7. The van der Waals surface area contributed by atoms with Crippen molar-refractivity contribution in [2.24, 2.45) is 0 Å². The molecule has 1 aromatic carbocycles. The lowest BCUT2D eigenvalue weighted by molar-refractivity contribution is -0.130. The molecule has 1 N–H and O–H groups in total. The Kier molecular flexibility index (Phi) is 9.70. The highest BCUT2D eigenvalue weighted by Crippen LogP contribution is 2.38. The average Bonchev–Trinajstić information content (AvgIpc) is 3.45. The summed E-state index contributed by atoms with van der Waals surface area (Å²) in [7, 11) is -2.02. The number of aryl methyl sites for hydroxylation is 2. The van der Waals surface area contributed by atoms with Crippen molar-refractivity contribution in [2.45, 2.75) is 117 Å². The highest BCUT2D eigenvalue weighted by atomic mass is 28.4. The summed E-state index contributed by atoms with van der Waals surface area (Å²) in [6.45, 7) is 24.0.